The van der Waals surface area contributed by atoms with E-state index in [4.69, 9.17) is 0 Å². The van der Waals surface area contributed by atoms with E-state index >= 15 is 0 Å². The van der Waals surface area contributed by atoms with Crippen LogP contribution in [0.25, 0.3) is 0 Å². The maximum Gasteiger partial charge on any atom is 0.261 e. The molecule has 3 rings (SSSR count). The Kier molecular flexibility index (Phi) is 4.72. The summed E-state index contributed by atoms with van der Waals surface area (Å²) in [4.78, 5) is 0.208. The molecule has 0 radical (unpaired) electrons. The molecule has 0 saturated carbocycles. The van der Waals surface area contributed by atoms with E-state index < -0.39 is 10.0 Å². The van der Waals surface area contributed by atoms with Crippen LogP contribution in [0.4, 0.5) is 21.5 Å². The Morgan fingerprint density at radius 3 is 2.08 bits per heavy atom. The Bertz CT molecular complexity index is 969. The van der Waals surface area contributed by atoms with E-state index in [0.29, 0.717) is 11.4 Å². The molecule has 0 heterocycles. The molecular weight excluding hydrogens is 339 g/mol. The van der Waals surface area contributed by atoms with Gasteiger partial charge in [-0.3, -0.25) is 4.72 Å². The fourth-order valence-corrected chi connectivity index (χ4v) is 3.34. The molecule has 0 spiro atoms. The molecular formula is C19H17FN2O2S. The summed E-state index contributed by atoms with van der Waals surface area (Å²) in [5.74, 6) is -0.326. The Labute approximate surface area is 146 Å². The second kappa shape index (κ2) is 6.94. The molecule has 2 N–H and O–H groups in total. The lowest BCUT2D eigenvalue weighted by Gasteiger charge is -2.10. The minimum absolute atomic E-state index is 0.208. The van der Waals surface area contributed by atoms with Crippen molar-refractivity contribution in [2.24, 2.45) is 0 Å². The number of anilines is 3. The van der Waals surface area contributed by atoms with Crippen LogP contribution in [0.15, 0.2) is 77.7 Å². The van der Waals surface area contributed by atoms with Crippen LogP contribution in [0, 0.1) is 12.7 Å². The van der Waals surface area contributed by atoms with Gasteiger partial charge in [-0.05, 0) is 61.5 Å². The minimum atomic E-state index is -3.63. The predicted molar refractivity (Wildman–Crippen MR) is 98.1 cm³/mol. The molecule has 0 aliphatic rings. The van der Waals surface area contributed by atoms with E-state index in [1.807, 2.05) is 6.92 Å². The summed E-state index contributed by atoms with van der Waals surface area (Å²) in [6.45, 7) is 1.90. The van der Waals surface area contributed by atoms with Crippen molar-refractivity contribution in [1.29, 1.82) is 0 Å². The van der Waals surface area contributed by atoms with Gasteiger partial charge in [0.15, 0.2) is 0 Å². The van der Waals surface area contributed by atoms with Crippen molar-refractivity contribution in [2.45, 2.75) is 11.8 Å². The Morgan fingerprint density at radius 1 is 0.800 bits per heavy atom. The van der Waals surface area contributed by atoms with Gasteiger partial charge in [0, 0.05) is 17.1 Å². The molecule has 4 nitrogen and oxygen atoms in total. The average Bonchev–Trinajstić information content (AvgIpc) is 2.57. The van der Waals surface area contributed by atoms with Crippen LogP contribution in [-0.4, -0.2) is 8.42 Å². The molecule has 3 aromatic carbocycles. The number of hydrogen-bond acceptors (Lipinski definition) is 3. The normalized spacial score (nSPS) is 11.1. The van der Waals surface area contributed by atoms with Crippen molar-refractivity contribution in [2.75, 3.05) is 10.0 Å². The third-order valence-electron chi connectivity index (χ3n) is 3.58. The highest BCUT2D eigenvalue weighted by atomic mass is 32.2. The molecule has 0 amide bonds. The second-order valence-electron chi connectivity index (χ2n) is 5.63. The molecule has 0 saturated heterocycles. The first kappa shape index (κ1) is 17.0. The van der Waals surface area contributed by atoms with Gasteiger partial charge in [-0.25, -0.2) is 12.8 Å². The van der Waals surface area contributed by atoms with Crippen molar-refractivity contribution in [3.8, 4) is 0 Å². The average molecular weight is 356 g/mol. The number of halogens is 1. The summed E-state index contributed by atoms with van der Waals surface area (Å²) in [5, 5.41) is 3.06. The van der Waals surface area contributed by atoms with Gasteiger partial charge in [0.25, 0.3) is 10.0 Å². The number of nitrogens with one attached hydrogen (secondary N) is 2. The van der Waals surface area contributed by atoms with Crippen LogP contribution in [0.1, 0.15) is 5.56 Å². The van der Waals surface area contributed by atoms with Gasteiger partial charge in [0.1, 0.15) is 5.82 Å². The Hall–Kier alpha value is -2.86. The van der Waals surface area contributed by atoms with Crippen molar-refractivity contribution in [3.63, 3.8) is 0 Å². The van der Waals surface area contributed by atoms with Crippen molar-refractivity contribution >= 4 is 27.1 Å². The van der Waals surface area contributed by atoms with E-state index in [1.54, 1.807) is 60.7 Å². The number of rotatable bonds is 5. The zero-order chi connectivity index (χ0) is 17.9. The highest BCUT2D eigenvalue weighted by molar-refractivity contribution is 7.92. The van der Waals surface area contributed by atoms with Crippen molar-refractivity contribution < 1.29 is 12.8 Å². The maximum atomic E-state index is 13.2. The molecule has 0 atom stereocenters. The lowest BCUT2D eigenvalue weighted by Crippen LogP contribution is -2.12. The highest BCUT2D eigenvalue weighted by Gasteiger charge is 2.13. The summed E-state index contributed by atoms with van der Waals surface area (Å²) >= 11 is 0. The van der Waals surface area contributed by atoms with Crippen LogP contribution in [-0.2, 0) is 10.0 Å². The molecule has 0 unspecified atom stereocenters. The van der Waals surface area contributed by atoms with Gasteiger partial charge in [-0.15, -0.1) is 0 Å². The summed E-state index contributed by atoms with van der Waals surface area (Å²) in [5.41, 5.74) is 2.79. The van der Waals surface area contributed by atoms with E-state index in [9.17, 15) is 12.8 Å². The fraction of sp³-hybridized carbons (Fsp3) is 0.0526. The standard InChI is InChI=1S/C19H17FN2O2S/c1-14-5-11-19(12-6-14)25(23,24)22-17-9-7-16(8-10-17)21-18-4-2-3-15(20)13-18/h2-13,21-22H,1H3. The van der Waals surface area contributed by atoms with Crippen molar-refractivity contribution in [3.05, 3.63) is 84.2 Å². The zero-order valence-electron chi connectivity index (χ0n) is 13.5. The SMILES string of the molecule is Cc1ccc(S(=O)(=O)Nc2ccc(Nc3cccc(F)c3)cc2)cc1. The monoisotopic (exact) mass is 356 g/mol. The van der Waals surface area contributed by atoms with Crippen LogP contribution in [0.5, 0.6) is 0 Å². The Morgan fingerprint density at radius 2 is 1.44 bits per heavy atom. The summed E-state index contributed by atoms with van der Waals surface area (Å²) in [7, 11) is -3.63. The van der Waals surface area contributed by atoms with Gasteiger partial charge in [0.2, 0.25) is 0 Å². The highest BCUT2D eigenvalue weighted by Crippen LogP contribution is 2.21. The minimum Gasteiger partial charge on any atom is -0.355 e. The van der Waals surface area contributed by atoms with Gasteiger partial charge >= 0.3 is 0 Å². The zero-order valence-corrected chi connectivity index (χ0v) is 14.3. The van der Waals surface area contributed by atoms with Gasteiger partial charge in [-0.2, -0.15) is 0 Å². The van der Waals surface area contributed by atoms with Crippen LogP contribution < -0.4 is 10.0 Å². The van der Waals surface area contributed by atoms with E-state index in [2.05, 4.69) is 10.0 Å². The van der Waals surface area contributed by atoms with Gasteiger partial charge in [0.05, 0.1) is 4.90 Å². The quantitative estimate of drug-likeness (QED) is 0.698. The number of sulfonamides is 1. The third-order valence-corrected chi connectivity index (χ3v) is 4.98. The summed E-state index contributed by atoms with van der Waals surface area (Å²) in [6.07, 6.45) is 0. The maximum absolute atomic E-state index is 13.2. The fourth-order valence-electron chi connectivity index (χ4n) is 2.29. The topological polar surface area (TPSA) is 58.2 Å². The molecule has 0 bridgehead atoms. The Balaban J connectivity index is 1.73. The largest absolute Gasteiger partial charge is 0.355 e. The van der Waals surface area contributed by atoms with Crippen LogP contribution in [0.3, 0.4) is 0 Å². The van der Waals surface area contributed by atoms with Gasteiger partial charge < -0.3 is 5.32 Å². The molecule has 0 aliphatic carbocycles. The second-order valence-corrected chi connectivity index (χ2v) is 7.31. The molecule has 6 heteroatoms. The number of aryl methyl sites for hydroxylation is 1. The summed E-state index contributed by atoms with van der Waals surface area (Å²) in [6, 6.07) is 19.5. The first-order valence-corrected chi connectivity index (χ1v) is 9.13. The lowest BCUT2D eigenvalue weighted by molar-refractivity contribution is 0.601. The smallest absolute Gasteiger partial charge is 0.261 e. The number of hydrogen-bond donors (Lipinski definition) is 2. The first-order chi connectivity index (χ1) is 11.9. The van der Waals surface area contributed by atoms with Crippen LogP contribution in [0.2, 0.25) is 0 Å². The number of benzene rings is 3. The van der Waals surface area contributed by atoms with E-state index in [1.165, 1.54) is 12.1 Å². The first-order valence-electron chi connectivity index (χ1n) is 7.64. The predicted octanol–water partition coefficient (Wildman–Crippen LogP) is 4.68. The molecule has 128 valence electrons. The van der Waals surface area contributed by atoms with Crippen molar-refractivity contribution in [1.82, 2.24) is 0 Å². The molecule has 3 aromatic rings. The molecule has 25 heavy (non-hydrogen) atoms. The molecule has 0 aliphatic heterocycles. The summed E-state index contributed by atoms with van der Waals surface area (Å²) < 4.78 is 40.4. The van der Waals surface area contributed by atoms with E-state index in [0.717, 1.165) is 11.3 Å². The lowest BCUT2D eigenvalue weighted by atomic mass is 10.2. The van der Waals surface area contributed by atoms with Crippen LogP contribution >= 0.6 is 0 Å². The van der Waals surface area contributed by atoms with E-state index in [-0.39, 0.29) is 10.7 Å². The molecule has 0 fully saturated rings. The molecule has 0 aromatic heterocycles. The van der Waals surface area contributed by atoms with Gasteiger partial charge in [-0.1, -0.05) is 23.8 Å². The third kappa shape index (κ3) is 4.36.